The molecule has 0 radical (unpaired) electrons. The molecule has 24 heavy (non-hydrogen) atoms. The molecular formula is C18H22F2O4. The molecule has 6 heteroatoms. The maximum atomic E-state index is 12.9. The van der Waals surface area contributed by atoms with Crippen molar-refractivity contribution in [2.75, 3.05) is 6.61 Å². The quantitative estimate of drug-likeness (QED) is 0.275. The summed E-state index contributed by atoms with van der Waals surface area (Å²) >= 11 is 0. The van der Waals surface area contributed by atoms with E-state index in [0.29, 0.717) is 12.7 Å². The van der Waals surface area contributed by atoms with Gasteiger partial charge in [-0.3, -0.25) is 0 Å². The molecule has 0 amide bonds. The minimum absolute atomic E-state index is 0.275. The average molecular weight is 340 g/mol. The molecule has 0 aromatic heterocycles. The van der Waals surface area contributed by atoms with E-state index < -0.39 is 23.6 Å². The van der Waals surface area contributed by atoms with Crippen LogP contribution < -0.4 is 4.74 Å². The average Bonchev–Trinajstić information content (AvgIpc) is 2.51. The van der Waals surface area contributed by atoms with E-state index in [2.05, 4.69) is 6.92 Å². The molecule has 0 heterocycles. The van der Waals surface area contributed by atoms with E-state index >= 15 is 0 Å². The fourth-order valence-corrected chi connectivity index (χ4v) is 1.98. The second kappa shape index (κ2) is 11.3. The summed E-state index contributed by atoms with van der Waals surface area (Å²) in [6, 6.07) is 2.39. The molecule has 0 N–H and O–H groups in total. The van der Waals surface area contributed by atoms with Crippen molar-refractivity contribution in [3.8, 4) is 5.75 Å². The molecule has 0 aliphatic heterocycles. The highest BCUT2D eigenvalue weighted by Crippen LogP contribution is 2.15. The number of ether oxygens (including phenoxy) is 2. The summed E-state index contributed by atoms with van der Waals surface area (Å²) in [4.78, 5) is 22.9. The van der Waals surface area contributed by atoms with Gasteiger partial charge in [0.2, 0.25) is 0 Å². The van der Waals surface area contributed by atoms with Gasteiger partial charge in [-0.15, -0.1) is 0 Å². The molecule has 0 aliphatic carbocycles. The van der Waals surface area contributed by atoms with Crippen LogP contribution >= 0.6 is 0 Å². The fourth-order valence-electron chi connectivity index (χ4n) is 1.98. The molecule has 0 unspecified atom stereocenters. The lowest BCUT2D eigenvalue weighted by Gasteiger charge is -2.03. The first-order chi connectivity index (χ1) is 11.5. The smallest absolute Gasteiger partial charge is 0.336 e. The van der Waals surface area contributed by atoms with Gasteiger partial charge in [0, 0.05) is 30.4 Å². The van der Waals surface area contributed by atoms with Crippen LogP contribution in [0.4, 0.5) is 8.78 Å². The Labute approximate surface area is 140 Å². The van der Waals surface area contributed by atoms with Crippen LogP contribution in [0.5, 0.6) is 5.75 Å². The Morgan fingerprint density at radius 3 is 2.17 bits per heavy atom. The van der Waals surface area contributed by atoms with Crippen molar-refractivity contribution < 1.29 is 27.8 Å². The zero-order chi connectivity index (χ0) is 17.8. The third-order valence-electron chi connectivity index (χ3n) is 3.15. The molecule has 0 spiro atoms. The predicted molar refractivity (Wildman–Crippen MR) is 85.5 cm³/mol. The van der Waals surface area contributed by atoms with E-state index in [1.54, 1.807) is 0 Å². The Balaban J connectivity index is 2.24. The maximum Gasteiger partial charge on any atom is 0.336 e. The zero-order valence-electron chi connectivity index (χ0n) is 13.7. The van der Waals surface area contributed by atoms with Crippen molar-refractivity contribution in [2.45, 2.75) is 45.4 Å². The highest BCUT2D eigenvalue weighted by molar-refractivity contribution is 5.92. The first-order valence-corrected chi connectivity index (χ1v) is 8.04. The van der Waals surface area contributed by atoms with Crippen molar-refractivity contribution in [3.63, 3.8) is 0 Å². The minimum atomic E-state index is -0.920. The van der Waals surface area contributed by atoms with Gasteiger partial charge in [-0.05, 0) is 6.42 Å². The Morgan fingerprint density at radius 2 is 1.50 bits per heavy atom. The van der Waals surface area contributed by atoms with Crippen molar-refractivity contribution in [1.82, 2.24) is 0 Å². The third-order valence-corrected chi connectivity index (χ3v) is 3.15. The molecule has 4 nitrogen and oxygen atoms in total. The monoisotopic (exact) mass is 340 g/mol. The number of halogens is 2. The van der Waals surface area contributed by atoms with Crippen molar-refractivity contribution in [2.24, 2.45) is 0 Å². The van der Waals surface area contributed by atoms with E-state index in [0.717, 1.165) is 43.5 Å². The fraction of sp³-hybridized carbons (Fsp3) is 0.444. The van der Waals surface area contributed by atoms with Gasteiger partial charge < -0.3 is 9.47 Å². The second-order valence-corrected chi connectivity index (χ2v) is 5.29. The summed E-state index contributed by atoms with van der Waals surface area (Å²) in [7, 11) is 0. The van der Waals surface area contributed by atoms with Gasteiger partial charge in [-0.2, -0.15) is 0 Å². The first kappa shape index (κ1) is 19.8. The maximum absolute atomic E-state index is 12.9. The summed E-state index contributed by atoms with van der Waals surface area (Å²) in [5.41, 5.74) is 0. The summed E-state index contributed by atoms with van der Waals surface area (Å²) in [6.07, 6.45) is 8.22. The van der Waals surface area contributed by atoms with Crippen LogP contribution in [-0.2, 0) is 14.3 Å². The lowest BCUT2D eigenvalue weighted by molar-refractivity contribution is -0.138. The van der Waals surface area contributed by atoms with Crippen molar-refractivity contribution in [1.29, 1.82) is 0 Å². The van der Waals surface area contributed by atoms with Gasteiger partial charge in [0.15, 0.2) is 0 Å². The largest absolute Gasteiger partial charge is 0.463 e. The van der Waals surface area contributed by atoms with Crippen LogP contribution in [0.3, 0.4) is 0 Å². The molecule has 0 atom stereocenters. The minimum Gasteiger partial charge on any atom is -0.463 e. The predicted octanol–water partition coefficient (Wildman–Crippen LogP) is 4.33. The summed E-state index contributed by atoms with van der Waals surface area (Å²) in [5.74, 6) is -3.58. The number of unbranched alkanes of at least 4 members (excludes halogenated alkanes) is 5. The molecule has 1 aromatic carbocycles. The van der Waals surface area contributed by atoms with Crippen LogP contribution in [0.15, 0.2) is 30.4 Å². The molecule has 0 bridgehead atoms. The molecule has 0 aliphatic rings. The Bertz CT molecular complexity index is 550. The van der Waals surface area contributed by atoms with Crippen LogP contribution in [0.25, 0.3) is 0 Å². The van der Waals surface area contributed by atoms with Crippen LogP contribution in [-0.4, -0.2) is 18.5 Å². The number of rotatable bonds is 10. The van der Waals surface area contributed by atoms with Crippen molar-refractivity contribution >= 4 is 11.9 Å². The molecule has 0 fully saturated rings. The number of carbonyl (C=O) groups is 2. The number of benzene rings is 1. The van der Waals surface area contributed by atoms with E-state index in [4.69, 9.17) is 9.47 Å². The van der Waals surface area contributed by atoms with E-state index in [-0.39, 0.29) is 5.75 Å². The Morgan fingerprint density at radius 1 is 0.917 bits per heavy atom. The van der Waals surface area contributed by atoms with Gasteiger partial charge >= 0.3 is 11.9 Å². The van der Waals surface area contributed by atoms with E-state index in [9.17, 15) is 18.4 Å². The molecule has 0 saturated carbocycles. The summed E-state index contributed by atoms with van der Waals surface area (Å²) in [6.45, 7) is 2.43. The van der Waals surface area contributed by atoms with Crippen LogP contribution in [0.1, 0.15) is 45.4 Å². The van der Waals surface area contributed by atoms with Gasteiger partial charge in [0.05, 0.1) is 6.61 Å². The molecule has 1 aromatic rings. The SMILES string of the molecule is CCCCCCCCOC(=O)/C=C/C(=O)Oc1cc(F)cc(F)c1. The summed E-state index contributed by atoms with van der Waals surface area (Å²) in [5, 5.41) is 0. The number of hydrogen-bond donors (Lipinski definition) is 0. The summed E-state index contributed by atoms with van der Waals surface area (Å²) < 4.78 is 35.5. The van der Waals surface area contributed by atoms with Crippen molar-refractivity contribution in [3.05, 3.63) is 42.0 Å². The van der Waals surface area contributed by atoms with Gasteiger partial charge in [-0.25, -0.2) is 18.4 Å². The van der Waals surface area contributed by atoms with E-state index in [1.807, 2.05) is 0 Å². The number of esters is 2. The topological polar surface area (TPSA) is 52.6 Å². The van der Waals surface area contributed by atoms with E-state index in [1.165, 1.54) is 19.3 Å². The highest BCUT2D eigenvalue weighted by atomic mass is 19.1. The van der Waals surface area contributed by atoms with Crippen LogP contribution in [0.2, 0.25) is 0 Å². The second-order valence-electron chi connectivity index (χ2n) is 5.29. The normalized spacial score (nSPS) is 10.8. The van der Waals surface area contributed by atoms with Gasteiger partial charge in [0.25, 0.3) is 0 Å². The Hall–Kier alpha value is -2.24. The molecule has 1 rings (SSSR count). The first-order valence-electron chi connectivity index (χ1n) is 8.04. The number of hydrogen-bond acceptors (Lipinski definition) is 4. The van der Waals surface area contributed by atoms with Gasteiger partial charge in [0.1, 0.15) is 17.4 Å². The lowest BCUT2D eigenvalue weighted by atomic mass is 10.1. The third kappa shape index (κ3) is 9.02. The molecule has 0 saturated heterocycles. The molecular weight excluding hydrogens is 318 g/mol. The lowest BCUT2D eigenvalue weighted by Crippen LogP contribution is -2.07. The zero-order valence-corrected chi connectivity index (χ0v) is 13.7. The van der Waals surface area contributed by atoms with Crippen LogP contribution in [0, 0.1) is 11.6 Å². The van der Waals surface area contributed by atoms with Gasteiger partial charge in [-0.1, -0.05) is 39.0 Å². The molecule has 132 valence electrons. The number of carbonyl (C=O) groups excluding carboxylic acids is 2. The standard InChI is InChI=1S/C18H22F2O4/c1-2-3-4-5-6-7-10-23-17(21)8-9-18(22)24-16-12-14(19)11-15(20)13-16/h8-9,11-13H,2-7,10H2,1H3/b9-8+. The highest BCUT2D eigenvalue weighted by Gasteiger charge is 2.06. The Kier molecular flexibility index (Phi) is 9.34.